The highest BCUT2D eigenvalue weighted by molar-refractivity contribution is 5.88. The van der Waals surface area contributed by atoms with E-state index in [-0.39, 0.29) is 24.2 Å². The van der Waals surface area contributed by atoms with Crippen LogP contribution in [-0.2, 0) is 14.4 Å². The van der Waals surface area contributed by atoms with E-state index in [9.17, 15) is 14.4 Å². The molecule has 2 N–H and O–H groups in total. The van der Waals surface area contributed by atoms with Gasteiger partial charge in [-0.25, -0.2) is 0 Å². The number of hydrogen-bond acceptors (Lipinski definition) is 4. The van der Waals surface area contributed by atoms with Gasteiger partial charge >= 0.3 is 0 Å². The highest BCUT2D eigenvalue weighted by Gasteiger charge is 2.24. The maximum Gasteiger partial charge on any atom is 0.242 e. The summed E-state index contributed by atoms with van der Waals surface area (Å²) in [6, 6.07) is 1.41. The molecule has 6 heteroatoms. The van der Waals surface area contributed by atoms with Gasteiger partial charge in [0.1, 0.15) is 18.2 Å². The number of nitrogens with one attached hydrogen (secondary N) is 2. The Hall–Kier alpha value is -1.90. The predicted molar refractivity (Wildman–Crippen MR) is 90.9 cm³/mol. The predicted octanol–water partition coefficient (Wildman–Crippen LogP) is 2.37. The van der Waals surface area contributed by atoms with Crippen LogP contribution in [0, 0.1) is 11.3 Å². The number of hydrogen-bond donors (Lipinski definition) is 2. The van der Waals surface area contributed by atoms with Gasteiger partial charge in [0.05, 0.1) is 6.07 Å². The standard InChI is InChI=1S/C18H29N3O3/c1-2-15(22)10-4-3-5-11-16(21-17(23)12-13-19)18(24)20-14-8-6-7-9-14/h14,16H,2-12H2,1H3,(H,20,24)(H,21,23). The van der Waals surface area contributed by atoms with E-state index < -0.39 is 11.9 Å². The largest absolute Gasteiger partial charge is 0.352 e. The van der Waals surface area contributed by atoms with Crippen LogP contribution in [0.3, 0.4) is 0 Å². The topological polar surface area (TPSA) is 99.1 Å². The maximum atomic E-state index is 12.4. The van der Waals surface area contributed by atoms with Crippen LogP contribution >= 0.6 is 0 Å². The van der Waals surface area contributed by atoms with Gasteiger partial charge in [-0.3, -0.25) is 14.4 Å². The average Bonchev–Trinajstić information content (AvgIpc) is 3.06. The number of Topliss-reactive ketones (excluding diaryl/α,β-unsaturated/α-hetero) is 1. The Morgan fingerprint density at radius 3 is 2.50 bits per heavy atom. The maximum absolute atomic E-state index is 12.4. The summed E-state index contributed by atoms with van der Waals surface area (Å²) >= 11 is 0. The molecule has 0 heterocycles. The molecule has 1 aliphatic carbocycles. The van der Waals surface area contributed by atoms with Crippen LogP contribution in [0.5, 0.6) is 0 Å². The number of carbonyl (C=O) groups is 3. The normalized spacial score (nSPS) is 15.5. The summed E-state index contributed by atoms with van der Waals surface area (Å²) in [4.78, 5) is 35.3. The number of rotatable bonds is 11. The van der Waals surface area contributed by atoms with Crippen molar-refractivity contribution in [1.82, 2.24) is 10.6 Å². The Balaban J connectivity index is 2.41. The summed E-state index contributed by atoms with van der Waals surface area (Å²) in [6.07, 6.45) is 8.12. The molecule has 1 unspecified atom stereocenters. The third-order valence-electron chi connectivity index (χ3n) is 4.44. The average molecular weight is 335 g/mol. The molecule has 1 rings (SSSR count). The van der Waals surface area contributed by atoms with Crippen molar-refractivity contribution in [3.05, 3.63) is 0 Å². The molecule has 0 saturated heterocycles. The molecule has 134 valence electrons. The van der Waals surface area contributed by atoms with E-state index in [0.29, 0.717) is 19.3 Å². The summed E-state index contributed by atoms with van der Waals surface area (Å²) in [7, 11) is 0. The summed E-state index contributed by atoms with van der Waals surface area (Å²) in [6.45, 7) is 1.86. The minimum Gasteiger partial charge on any atom is -0.352 e. The fourth-order valence-corrected chi connectivity index (χ4v) is 2.98. The van der Waals surface area contributed by atoms with E-state index in [1.54, 1.807) is 6.07 Å². The van der Waals surface area contributed by atoms with Gasteiger partial charge in [0.25, 0.3) is 0 Å². The van der Waals surface area contributed by atoms with Gasteiger partial charge < -0.3 is 10.6 Å². The Morgan fingerprint density at radius 2 is 1.88 bits per heavy atom. The SMILES string of the molecule is CCC(=O)CCCCCC(NC(=O)CC#N)C(=O)NC1CCCC1. The van der Waals surface area contributed by atoms with E-state index in [2.05, 4.69) is 10.6 Å². The third-order valence-corrected chi connectivity index (χ3v) is 4.44. The van der Waals surface area contributed by atoms with Crippen LogP contribution < -0.4 is 10.6 Å². The first-order valence-corrected chi connectivity index (χ1v) is 9.05. The fourth-order valence-electron chi connectivity index (χ4n) is 2.98. The highest BCUT2D eigenvalue weighted by Crippen LogP contribution is 2.18. The summed E-state index contributed by atoms with van der Waals surface area (Å²) in [5.41, 5.74) is 0. The molecule has 0 aromatic heterocycles. The van der Waals surface area contributed by atoms with E-state index >= 15 is 0 Å². The lowest BCUT2D eigenvalue weighted by molar-refractivity contribution is -0.129. The molecule has 24 heavy (non-hydrogen) atoms. The second-order valence-electron chi connectivity index (χ2n) is 6.44. The van der Waals surface area contributed by atoms with Crippen molar-refractivity contribution in [1.29, 1.82) is 5.26 Å². The zero-order chi connectivity index (χ0) is 17.8. The van der Waals surface area contributed by atoms with Crippen molar-refractivity contribution in [2.75, 3.05) is 0 Å². The molecule has 1 saturated carbocycles. The molecule has 0 aromatic carbocycles. The molecule has 0 bridgehead atoms. The van der Waals surface area contributed by atoms with Crippen molar-refractivity contribution < 1.29 is 14.4 Å². The molecule has 1 aliphatic rings. The summed E-state index contributed by atoms with van der Waals surface area (Å²) in [5.74, 6) is -0.309. The molecular weight excluding hydrogens is 306 g/mol. The van der Waals surface area contributed by atoms with Crippen LogP contribution in [0.15, 0.2) is 0 Å². The Morgan fingerprint density at radius 1 is 1.17 bits per heavy atom. The first kappa shape index (κ1) is 20.1. The fraction of sp³-hybridized carbons (Fsp3) is 0.778. The Kier molecular flexibility index (Phi) is 9.74. The molecule has 0 aliphatic heterocycles. The van der Waals surface area contributed by atoms with E-state index in [0.717, 1.165) is 44.9 Å². The van der Waals surface area contributed by atoms with Gasteiger partial charge in [0, 0.05) is 18.9 Å². The monoisotopic (exact) mass is 335 g/mol. The molecule has 0 aromatic rings. The number of nitrogens with zero attached hydrogens (tertiary/aromatic N) is 1. The minimum atomic E-state index is -0.590. The molecule has 2 amide bonds. The molecular formula is C18H29N3O3. The quantitative estimate of drug-likeness (QED) is 0.566. The number of amides is 2. The second kappa shape index (κ2) is 11.6. The zero-order valence-electron chi connectivity index (χ0n) is 14.6. The Bertz CT molecular complexity index is 465. The van der Waals surface area contributed by atoms with Crippen LogP contribution in [-0.4, -0.2) is 29.7 Å². The van der Waals surface area contributed by atoms with Gasteiger partial charge in [-0.15, -0.1) is 0 Å². The van der Waals surface area contributed by atoms with Crippen LogP contribution in [0.1, 0.15) is 77.6 Å². The van der Waals surface area contributed by atoms with E-state index in [4.69, 9.17) is 5.26 Å². The number of carbonyl (C=O) groups excluding carboxylic acids is 3. The van der Waals surface area contributed by atoms with Gasteiger partial charge in [-0.1, -0.05) is 32.6 Å². The number of ketones is 1. The molecule has 6 nitrogen and oxygen atoms in total. The minimum absolute atomic E-state index is 0.155. The molecule has 0 spiro atoms. The number of unbranched alkanes of at least 4 members (excludes halogenated alkanes) is 2. The van der Waals surface area contributed by atoms with Gasteiger partial charge in [-0.2, -0.15) is 5.26 Å². The second-order valence-corrected chi connectivity index (χ2v) is 6.44. The van der Waals surface area contributed by atoms with Crippen molar-refractivity contribution >= 4 is 17.6 Å². The zero-order valence-corrected chi connectivity index (χ0v) is 14.6. The van der Waals surface area contributed by atoms with Crippen molar-refractivity contribution in [3.8, 4) is 6.07 Å². The van der Waals surface area contributed by atoms with Crippen molar-refractivity contribution in [2.24, 2.45) is 0 Å². The van der Waals surface area contributed by atoms with Gasteiger partial charge in [-0.05, 0) is 25.7 Å². The van der Waals surface area contributed by atoms with E-state index in [1.165, 1.54) is 0 Å². The van der Waals surface area contributed by atoms with Crippen LogP contribution in [0.4, 0.5) is 0 Å². The van der Waals surface area contributed by atoms with Crippen molar-refractivity contribution in [3.63, 3.8) is 0 Å². The Labute approximate surface area is 144 Å². The molecule has 1 fully saturated rings. The van der Waals surface area contributed by atoms with Gasteiger partial charge in [0.2, 0.25) is 11.8 Å². The van der Waals surface area contributed by atoms with Crippen LogP contribution in [0.25, 0.3) is 0 Å². The van der Waals surface area contributed by atoms with Gasteiger partial charge in [0.15, 0.2) is 0 Å². The number of nitriles is 1. The first-order chi connectivity index (χ1) is 11.6. The van der Waals surface area contributed by atoms with Crippen LogP contribution in [0.2, 0.25) is 0 Å². The smallest absolute Gasteiger partial charge is 0.242 e. The summed E-state index contributed by atoms with van der Waals surface area (Å²) < 4.78 is 0. The first-order valence-electron chi connectivity index (χ1n) is 9.05. The lowest BCUT2D eigenvalue weighted by atomic mass is 10.0. The lowest BCUT2D eigenvalue weighted by Gasteiger charge is -2.20. The third kappa shape index (κ3) is 8.09. The lowest BCUT2D eigenvalue weighted by Crippen LogP contribution is -2.49. The highest BCUT2D eigenvalue weighted by atomic mass is 16.2. The van der Waals surface area contributed by atoms with Crippen molar-refractivity contribution in [2.45, 2.75) is 89.6 Å². The molecule has 1 atom stereocenters. The summed E-state index contributed by atoms with van der Waals surface area (Å²) in [5, 5.41) is 14.3. The molecule has 0 radical (unpaired) electrons. The van der Waals surface area contributed by atoms with E-state index in [1.807, 2.05) is 6.92 Å².